The number of nitrogens with one attached hydrogen (secondary N) is 1. The van der Waals surface area contributed by atoms with Crippen LogP contribution in [0.4, 0.5) is 5.69 Å². The maximum absolute atomic E-state index is 5.87. The largest absolute Gasteiger partial charge is 0.497 e. The maximum Gasteiger partial charge on any atom is 0.174 e. The minimum atomic E-state index is -0.100. The van der Waals surface area contributed by atoms with Crippen LogP contribution >= 0.6 is 12.2 Å². The molecule has 3 heterocycles. The zero-order valence-electron chi connectivity index (χ0n) is 19.4. The van der Waals surface area contributed by atoms with Crippen LogP contribution in [-0.2, 0) is 0 Å². The third kappa shape index (κ3) is 3.71. The number of methoxy groups -OCH3 is 2. The van der Waals surface area contributed by atoms with Gasteiger partial charge in [-0.3, -0.25) is 4.98 Å². The number of hydrogen-bond acceptors (Lipinski definition) is 4. The highest BCUT2D eigenvalue weighted by molar-refractivity contribution is 7.80. The number of aromatic nitrogens is 2. The van der Waals surface area contributed by atoms with E-state index >= 15 is 0 Å². The van der Waals surface area contributed by atoms with Crippen LogP contribution in [0.25, 0.3) is 0 Å². The molecule has 6 nitrogen and oxygen atoms in total. The van der Waals surface area contributed by atoms with Gasteiger partial charge in [0.2, 0.25) is 0 Å². The van der Waals surface area contributed by atoms with E-state index in [4.69, 9.17) is 21.7 Å². The summed E-state index contributed by atoms with van der Waals surface area (Å²) in [5.74, 6) is 1.44. The van der Waals surface area contributed by atoms with E-state index in [2.05, 4.69) is 53.5 Å². The van der Waals surface area contributed by atoms with Crippen molar-refractivity contribution in [3.05, 3.63) is 71.3 Å². The van der Waals surface area contributed by atoms with Crippen molar-refractivity contribution in [2.24, 2.45) is 0 Å². The predicted molar refractivity (Wildman–Crippen MR) is 132 cm³/mol. The van der Waals surface area contributed by atoms with Crippen molar-refractivity contribution < 1.29 is 9.47 Å². The van der Waals surface area contributed by atoms with E-state index in [1.54, 1.807) is 14.2 Å². The molecule has 2 atom stereocenters. The molecule has 1 N–H and O–H groups in total. The van der Waals surface area contributed by atoms with Crippen molar-refractivity contribution in [1.29, 1.82) is 0 Å². The summed E-state index contributed by atoms with van der Waals surface area (Å²) in [5.41, 5.74) is 5.52. The van der Waals surface area contributed by atoms with E-state index in [1.165, 1.54) is 17.0 Å². The van der Waals surface area contributed by atoms with Crippen LogP contribution in [0.3, 0.4) is 0 Å². The van der Waals surface area contributed by atoms with Gasteiger partial charge in [-0.15, -0.1) is 0 Å². The molecule has 1 saturated heterocycles. The summed E-state index contributed by atoms with van der Waals surface area (Å²) in [6.45, 7) is 8.76. The average Bonchev–Trinajstić information content (AvgIpc) is 3.28. The zero-order chi connectivity index (χ0) is 23.0. The first-order valence-corrected chi connectivity index (χ1v) is 11.2. The van der Waals surface area contributed by atoms with Crippen LogP contribution < -0.4 is 19.7 Å². The van der Waals surface area contributed by atoms with E-state index in [1.807, 2.05) is 42.6 Å². The highest BCUT2D eigenvalue weighted by Crippen LogP contribution is 2.46. The lowest BCUT2D eigenvalue weighted by molar-refractivity contribution is 0.394. The molecule has 3 aromatic rings. The third-order valence-electron chi connectivity index (χ3n) is 6.10. The van der Waals surface area contributed by atoms with Gasteiger partial charge in [-0.1, -0.05) is 6.07 Å². The van der Waals surface area contributed by atoms with Gasteiger partial charge < -0.3 is 24.3 Å². The first-order chi connectivity index (χ1) is 15.4. The van der Waals surface area contributed by atoms with Crippen molar-refractivity contribution in [3.8, 4) is 11.5 Å². The first-order valence-electron chi connectivity index (χ1n) is 10.8. The second kappa shape index (κ2) is 8.82. The molecule has 0 spiro atoms. The lowest BCUT2D eigenvalue weighted by Crippen LogP contribution is -2.30. The van der Waals surface area contributed by atoms with Crippen molar-refractivity contribution in [2.45, 2.75) is 45.8 Å². The number of hydrogen-bond donors (Lipinski definition) is 1. The van der Waals surface area contributed by atoms with Crippen molar-refractivity contribution >= 4 is 23.0 Å². The Morgan fingerprint density at radius 3 is 2.44 bits per heavy atom. The second-order valence-electron chi connectivity index (χ2n) is 8.32. The molecule has 168 valence electrons. The summed E-state index contributed by atoms with van der Waals surface area (Å²) in [6.07, 6.45) is 1.82. The molecule has 0 unspecified atom stereocenters. The van der Waals surface area contributed by atoms with Gasteiger partial charge in [0.25, 0.3) is 0 Å². The predicted octanol–water partition coefficient (Wildman–Crippen LogP) is 5.28. The molecule has 0 aliphatic carbocycles. The maximum atomic E-state index is 5.87. The Kier molecular flexibility index (Phi) is 6.11. The van der Waals surface area contributed by atoms with Crippen LogP contribution in [-0.4, -0.2) is 28.9 Å². The summed E-state index contributed by atoms with van der Waals surface area (Å²) in [6, 6.07) is 14.3. The summed E-state index contributed by atoms with van der Waals surface area (Å²) < 4.78 is 13.5. The fourth-order valence-electron chi connectivity index (χ4n) is 4.81. The van der Waals surface area contributed by atoms with Crippen LogP contribution in [0.15, 0.2) is 48.7 Å². The lowest BCUT2D eigenvalue weighted by atomic mass is 9.96. The van der Waals surface area contributed by atoms with Gasteiger partial charge in [0.15, 0.2) is 5.11 Å². The van der Waals surface area contributed by atoms with Gasteiger partial charge in [0.1, 0.15) is 11.5 Å². The van der Waals surface area contributed by atoms with E-state index in [-0.39, 0.29) is 12.1 Å². The molecular weight excluding hydrogens is 420 g/mol. The fourth-order valence-corrected chi connectivity index (χ4v) is 5.15. The second-order valence-corrected chi connectivity index (χ2v) is 8.71. The molecule has 4 rings (SSSR count). The summed E-state index contributed by atoms with van der Waals surface area (Å²) >= 11 is 5.87. The van der Waals surface area contributed by atoms with Gasteiger partial charge in [0.05, 0.1) is 37.7 Å². The number of nitrogens with zero attached hydrogens (tertiary/aromatic N) is 3. The Balaban J connectivity index is 1.92. The van der Waals surface area contributed by atoms with Gasteiger partial charge in [-0.2, -0.15) is 0 Å². The van der Waals surface area contributed by atoms with Gasteiger partial charge in [-0.25, -0.2) is 0 Å². The number of rotatable bonds is 6. The first kappa shape index (κ1) is 22.1. The highest BCUT2D eigenvalue weighted by atomic mass is 32.1. The molecule has 0 radical (unpaired) electrons. The Morgan fingerprint density at radius 1 is 1.06 bits per heavy atom. The molecule has 1 fully saturated rings. The number of anilines is 1. The molecule has 1 aliphatic heterocycles. The number of thiocarbonyl (C=S) groups is 1. The molecule has 0 saturated carbocycles. The van der Waals surface area contributed by atoms with Gasteiger partial charge >= 0.3 is 0 Å². The molecule has 32 heavy (non-hydrogen) atoms. The van der Waals surface area contributed by atoms with Crippen molar-refractivity contribution in [1.82, 2.24) is 14.9 Å². The van der Waals surface area contributed by atoms with Crippen LogP contribution in [0.5, 0.6) is 11.5 Å². The van der Waals surface area contributed by atoms with Crippen molar-refractivity contribution in [2.75, 3.05) is 19.1 Å². The van der Waals surface area contributed by atoms with Crippen molar-refractivity contribution in [3.63, 3.8) is 0 Å². The smallest absolute Gasteiger partial charge is 0.174 e. The zero-order valence-corrected chi connectivity index (χ0v) is 20.2. The van der Waals surface area contributed by atoms with Crippen LogP contribution in [0, 0.1) is 13.8 Å². The molecule has 0 bridgehead atoms. The van der Waals surface area contributed by atoms with E-state index in [9.17, 15) is 0 Å². The summed E-state index contributed by atoms with van der Waals surface area (Å²) in [5, 5.41) is 4.17. The number of benzene rings is 1. The molecule has 1 aliphatic rings. The van der Waals surface area contributed by atoms with Gasteiger partial charge in [0, 0.05) is 29.7 Å². The Morgan fingerprint density at radius 2 is 1.84 bits per heavy atom. The molecule has 7 heteroatoms. The number of ether oxygens (including phenoxy) is 2. The fraction of sp³-hybridized carbons (Fsp3) is 0.360. The van der Waals surface area contributed by atoms with E-state index in [0.717, 1.165) is 17.1 Å². The topological polar surface area (TPSA) is 51.5 Å². The van der Waals surface area contributed by atoms with Crippen LogP contribution in [0.2, 0.25) is 0 Å². The number of pyridine rings is 1. The SMILES string of the molecule is COc1ccc(N2C(=S)N[C@H](c3ccccn3)[C@H]2c2cc(C)n(C(C)C)c2C)c(OC)c1. The lowest BCUT2D eigenvalue weighted by Gasteiger charge is -2.29. The minimum absolute atomic E-state index is 0.0848. The molecular formula is C25H30N4O2S. The highest BCUT2D eigenvalue weighted by Gasteiger charge is 2.43. The summed E-state index contributed by atoms with van der Waals surface area (Å²) in [4.78, 5) is 6.81. The normalized spacial score (nSPS) is 18.2. The quantitative estimate of drug-likeness (QED) is 0.516. The van der Waals surface area contributed by atoms with E-state index in [0.29, 0.717) is 16.9 Å². The Labute approximate surface area is 195 Å². The molecule has 2 aromatic heterocycles. The standard InChI is InChI=1S/C25H30N4O2S/c1-15(2)28-16(3)13-19(17(28)4)24-23(20-9-7-8-12-26-20)27-25(32)29(24)21-11-10-18(30-5)14-22(21)31-6/h7-15,23-24H,1-6H3,(H,27,32)/t23-,24-/m1/s1. The minimum Gasteiger partial charge on any atom is -0.497 e. The Bertz CT molecular complexity index is 1130. The molecule has 1 aromatic carbocycles. The monoisotopic (exact) mass is 450 g/mol. The van der Waals surface area contributed by atoms with Gasteiger partial charge in [-0.05, 0) is 75.8 Å². The third-order valence-corrected chi connectivity index (χ3v) is 6.42. The average molecular weight is 451 g/mol. The summed E-state index contributed by atoms with van der Waals surface area (Å²) in [7, 11) is 3.32. The Hall–Kier alpha value is -3.06. The number of aryl methyl sites for hydroxylation is 1. The van der Waals surface area contributed by atoms with E-state index < -0.39 is 0 Å². The van der Waals surface area contributed by atoms with Crippen LogP contribution in [0.1, 0.15) is 54.6 Å². The molecule has 0 amide bonds.